The topological polar surface area (TPSA) is 86.8 Å². The monoisotopic (exact) mass is 387 g/mol. The molecule has 8 heteroatoms. The van der Waals surface area contributed by atoms with Gasteiger partial charge >= 0.3 is 0 Å². The van der Waals surface area contributed by atoms with Gasteiger partial charge in [0.1, 0.15) is 0 Å². The number of amides is 2. The van der Waals surface area contributed by atoms with Gasteiger partial charge in [0, 0.05) is 43.0 Å². The fourth-order valence-corrected chi connectivity index (χ4v) is 3.54. The number of nitrogens with one attached hydrogen (secondary N) is 1. The van der Waals surface area contributed by atoms with Crippen molar-refractivity contribution >= 4 is 27.5 Å². The van der Waals surface area contributed by atoms with Crippen molar-refractivity contribution in [1.82, 2.24) is 9.80 Å². The minimum atomic E-state index is -3.41. The number of benzene rings is 2. The van der Waals surface area contributed by atoms with E-state index in [0.717, 1.165) is 6.26 Å². The summed E-state index contributed by atoms with van der Waals surface area (Å²) in [6.45, 7) is 1.78. The fraction of sp³-hybridized carbons (Fsp3) is 0.263. The molecule has 1 aliphatic rings. The Kier molecular flexibility index (Phi) is 5.46. The second-order valence-corrected chi connectivity index (χ2v) is 8.15. The number of carbonyl (C=O) groups is 2. The molecule has 0 radical (unpaired) electrons. The summed E-state index contributed by atoms with van der Waals surface area (Å²) in [6.07, 6.45) is 1.06. The maximum absolute atomic E-state index is 12.7. The summed E-state index contributed by atoms with van der Waals surface area (Å²) in [6, 6.07) is 15.5. The third-order valence-electron chi connectivity index (χ3n) is 4.29. The summed E-state index contributed by atoms with van der Waals surface area (Å²) in [5.41, 5.74) is 1.39. The van der Waals surface area contributed by atoms with Crippen LogP contribution in [0.5, 0.6) is 0 Å². The van der Waals surface area contributed by atoms with Gasteiger partial charge in [-0.2, -0.15) is 0 Å². The molecular formula is C19H21N3O4S. The summed E-state index contributed by atoms with van der Waals surface area (Å²) in [4.78, 5) is 28.6. The number of carbonyl (C=O) groups excluding carboxylic acids is 2. The highest BCUT2D eigenvalue weighted by Gasteiger charge is 2.25. The van der Waals surface area contributed by atoms with Crippen LogP contribution in [0.2, 0.25) is 0 Å². The molecule has 3 rings (SSSR count). The van der Waals surface area contributed by atoms with E-state index in [0.29, 0.717) is 43.0 Å². The molecule has 0 spiro atoms. The van der Waals surface area contributed by atoms with Crippen LogP contribution in [0.1, 0.15) is 20.7 Å². The molecule has 0 atom stereocenters. The zero-order valence-electron chi connectivity index (χ0n) is 15.0. The molecule has 0 aliphatic carbocycles. The van der Waals surface area contributed by atoms with Crippen LogP contribution in [0.25, 0.3) is 0 Å². The molecule has 2 aromatic rings. The van der Waals surface area contributed by atoms with Gasteiger partial charge in [-0.1, -0.05) is 24.3 Å². The molecule has 1 fully saturated rings. The Morgan fingerprint density at radius 2 is 1.33 bits per heavy atom. The van der Waals surface area contributed by atoms with Crippen LogP contribution in [0.3, 0.4) is 0 Å². The molecule has 27 heavy (non-hydrogen) atoms. The Morgan fingerprint density at radius 3 is 1.89 bits per heavy atom. The van der Waals surface area contributed by atoms with Crippen molar-refractivity contribution in [3.8, 4) is 0 Å². The molecule has 0 aromatic heterocycles. The lowest BCUT2D eigenvalue weighted by atomic mass is 10.1. The average molecular weight is 387 g/mol. The second-order valence-electron chi connectivity index (χ2n) is 6.41. The SMILES string of the molecule is CS(=O)(=O)Nc1cccc(C(=O)N2CCN(C(=O)c3ccccc3)CC2)c1. The van der Waals surface area contributed by atoms with Gasteiger partial charge < -0.3 is 9.80 Å². The van der Waals surface area contributed by atoms with E-state index in [1.54, 1.807) is 40.1 Å². The van der Waals surface area contributed by atoms with Gasteiger partial charge in [-0.05, 0) is 30.3 Å². The molecule has 1 N–H and O–H groups in total. The van der Waals surface area contributed by atoms with Crippen LogP contribution in [0.4, 0.5) is 5.69 Å². The van der Waals surface area contributed by atoms with Crippen molar-refractivity contribution in [1.29, 1.82) is 0 Å². The van der Waals surface area contributed by atoms with Crippen LogP contribution in [0.15, 0.2) is 54.6 Å². The Labute approximate surface area is 158 Å². The Hall–Kier alpha value is -2.87. The molecule has 2 aromatic carbocycles. The lowest BCUT2D eigenvalue weighted by molar-refractivity contribution is 0.0535. The van der Waals surface area contributed by atoms with Gasteiger partial charge in [-0.3, -0.25) is 14.3 Å². The first-order valence-electron chi connectivity index (χ1n) is 8.55. The van der Waals surface area contributed by atoms with Gasteiger partial charge in [0.25, 0.3) is 11.8 Å². The van der Waals surface area contributed by atoms with Gasteiger partial charge in [-0.25, -0.2) is 8.42 Å². The number of sulfonamides is 1. The first-order chi connectivity index (χ1) is 12.8. The molecule has 0 saturated carbocycles. The maximum Gasteiger partial charge on any atom is 0.254 e. The van der Waals surface area contributed by atoms with Crippen LogP contribution in [-0.4, -0.2) is 62.5 Å². The first kappa shape index (κ1) is 18.9. The highest BCUT2D eigenvalue weighted by Crippen LogP contribution is 2.16. The molecular weight excluding hydrogens is 366 g/mol. The van der Waals surface area contributed by atoms with Crippen molar-refractivity contribution in [3.63, 3.8) is 0 Å². The van der Waals surface area contributed by atoms with E-state index in [2.05, 4.69) is 4.72 Å². The van der Waals surface area contributed by atoms with Crippen molar-refractivity contribution < 1.29 is 18.0 Å². The molecule has 0 unspecified atom stereocenters. The van der Waals surface area contributed by atoms with E-state index in [-0.39, 0.29) is 11.8 Å². The molecule has 1 aliphatic heterocycles. The largest absolute Gasteiger partial charge is 0.335 e. The lowest BCUT2D eigenvalue weighted by Crippen LogP contribution is -2.50. The minimum Gasteiger partial charge on any atom is -0.335 e. The smallest absolute Gasteiger partial charge is 0.254 e. The quantitative estimate of drug-likeness (QED) is 0.864. The van der Waals surface area contributed by atoms with Gasteiger partial charge in [0.2, 0.25) is 10.0 Å². The highest BCUT2D eigenvalue weighted by molar-refractivity contribution is 7.92. The number of rotatable bonds is 4. The zero-order chi connectivity index (χ0) is 19.4. The number of hydrogen-bond donors (Lipinski definition) is 1. The second kappa shape index (κ2) is 7.79. The normalized spacial score (nSPS) is 14.7. The number of piperazine rings is 1. The summed E-state index contributed by atoms with van der Waals surface area (Å²) in [5, 5.41) is 0. The highest BCUT2D eigenvalue weighted by atomic mass is 32.2. The molecule has 142 valence electrons. The Morgan fingerprint density at radius 1 is 0.815 bits per heavy atom. The van der Waals surface area contributed by atoms with E-state index in [9.17, 15) is 18.0 Å². The standard InChI is InChI=1S/C19H21N3O4S/c1-27(25,26)20-17-9-5-8-16(14-17)19(24)22-12-10-21(11-13-22)18(23)15-6-3-2-4-7-15/h2-9,14,20H,10-13H2,1H3. The van der Waals surface area contributed by atoms with Gasteiger partial charge in [-0.15, -0.1) is 0 Å². The summed E-state index contributed by atoms with van der Waals surface area (Å²) >= 11 is 0. The van der Waals surface area contributed by atoms with E-state index in [1.165, 1.54) is 6.07 Å². The molecule has 7 nitrogen and oxygen atoms in total. The predicted octanol–water partition coefficient (Wildman–Crippen LogP) is 1.66. The Balaban J connectivity index is 1.63. The summed E-state index contributed by atoms with van der Waals surface area (Å²) in [7, 11) is -3.41. The number of anilines is 1. The minimum absolute atomic E-state index is 0.0398. The van der Waals surface area contributed by atoms with Crippen LogP contribution in [0, 0.1) is 0 Å². The van der Waals surface area contributed by atoms with E-state index in [1.807, 2.05) is 18.2 Å². The van der Waals surface area contributed by atoms with Crippen LogP contribution >= 0.6 is 0 Å². The van der Waals surface area contributed by atoms with E-state index in [4.69, 9.17) is 0 Å². The van der Waals surface area contributed by atoms with Crippen LogP contribution in [-0.2, 0) is 10.0 Å². The van der Waals surface area contributed by atoms with Crippen molar-refractivity contribution in [2.75, 3.05) is 37.2 Å². The van der Waals surface area contributed by atoms with Crippen molar-refractivity contribution in [3.05, 3.63) is 65.7 Å². The maximum atomic E-state index is 12.7. The lowest BCUT2D eigenvalue weighted by Gasteiger charge is -2.35. The van der Waals surface area contributed by atoms with Gasteiger partial charge in [0.15, 0.2) is 0 Å². The third-order valence-corrected chi connectivity index (χ3v) is 4.89. The van der Waals surface area contributed by atoms with Crippen molar-refractivity contribution in [2.24, 2.45) is 0 Å². The van der Waals surface area contributed by atoms with Gasteiger partial charge in [0.05, 0.1) is 6.26 Å². The van der Waals surface area contributed by atoms with Crippen molar-refractivity contribution in [2.45, 2.75) is 0 Å². The number of hydrogen-bond acceptors (Lipinski definition) is 4. The molecule has 1 heterocycles. The predicted molar refractivity (Wildman–Crippen MR) is 103 cm³/mol. The molecule has 1 saturated heterocycles. The van der Waals surface area contributed by atoms with E-state index >= 15 is 0 Å². The molecule has 2 amide bonds. The van der Waals surface area contributed by atoms with E-state index < -0.39 is 10.0 Å². The average Bonchev–Trinajstić information content (AvgIpc) is 2.66. The first-order valence-corrected chi connectivity index (χ1v) is 10.4. The number of nitrogens with zero attached hydrogens (tertiary/aromatic N) is 2. The summed E-state index contributed by atoms with van der Waals surface area (Å²) < 4.78 is 25.1. The fourth-order valence-electron chi connectivity index (χ4n) is 2.99. The summed E-state index contributed by atoms with van der Waals surface area (Å²) in [5.74, 6) is -0.221. The third kappa shape index (κ3) is 4.85. The molecule has 0 bridgehead atoms. The zero-order valence-corrected chi connectivity index (χ0v) is 15.8. The Bertz CT molecular complexity index is 936. The van der Waals surface area contributed by atoms with Crippen LogP contribution < -0.4 is 4.72 Å².